The summed E-state index contributed by atoms with van der Waals surface area (Å²) >= 11 is 0. The summed E-state index contributed by atoms with van der Waals surface area (Å²) in [5.41, 5.74) is 1.31. The minimum atomic E-state index is -3.35. The SMILES string of the molecule is CCS(=O)(=O)c1ccc(OC)c(Nc2ncc(-c3cccc(OCC4CC4)c3)o2)c1. The Labute approximate surface area is 176 Å². The molecule has 3 aromatic rings. The summed E-state index contributed by atoms with van der Waals surface area (Å²) in [6, 6.07) is 12.6. The largest absolute Gasteiger partial charge is 0.495 e. The Hall–Kier alpha value is -3.00. The topological polar surface area (TPSA) is 90.7 Å². The fraction of sp³-hybridized carbons (Fsp3) is 0.318. The lowest BCUT2D eigenvalue weighted by Crippen LogP contribution is -2.05. The van der Waals surface area contributed by atoms with Crippen LogP contribution in [0.2, 0.25) is 0 Å². The van der Waals surface area contributed by atoms with E-state index in [1.807, 2.05) is 24.3 Å². The molecule has 0 saturated heterocycles. The maximum atomic E-state index is 12.2. The summed E-state index contributed by atoms with van der Waals surface area (Å²) < 4.78 is 41.4. The van der Waals surface area contributed by atoms with Crippen LogP contribution in [0.3, 0.4) is 0 Å². The molecule has 1 N–H and O–H groups in total. The van der Waals surface area contributed by atoms with Gasteiger partial charge in [-0.15, -0.1) is 0 Å². The van der Waals surface area contributed by atoms with E-state index in [0.717, 1.165) is 17.9 Å². The van der Waals surface area contributed by atoms with Gasteiger partial charge in [0.05, 0.1) is 36.2 Å². The first-order valence-corrected chi connectivity index (χ1v) is 11.5. The number of rotatable bonds is 9. The molecule has 1 aromatic heterocycles. The second-order valence-corrected chi connectivity index (χ2v) is 9.48. The number of oxazole rings is 1. The van der Waals surface area contributed by atoms with Crippen molar-refractivity contribution >= 4 is 21.5 Å². The van der Waals surface area contributed by atoms with E-state index in [1.54, 1.807) is 19.2 Å². The summed E-state index contributed by atoms with van der Waals surface area (Å²) in [5, 5.41) is 3.01. The van der Waals surface area contributed by atoms with Crippen molar-refractivity contribution < 1.29 is 22.3 Å². The van der Waals surface area contributed by atoms with Crippen LogP contribution in [0.15, 0.2) is 58.0 Å². The molecule has 0 aliphatic heterocycles. The zero-order chi connectivity index (χ0) is 21.1. The molecular weight excluding hydrogens is 404 g/mol. The van der Waals surface area contributed by atoms with Gasteiger partial charge in [0.25, 0.3) is 6.01 Å². The van der Waals surface area contributed by atoms with Crippen molar-refractivity contribution in [2.75, 3.05) is 24.8 Å². The maximum Gasteiger partial charge on any atom is 0.299 e. The van der Waals surface area contributed by atoms with Gasteiger partial charge in [0, 0.05) is 5.56 Å². The molecule has 1 fully saturated rings. The smallest absolute Gasteiger partial charge is 0.299 e. The normalized spacial score (nSPS) is 13.8. The van der Waals surface area contributed by atoms with Gasteiger partial charge in [0.15, 0.2) is 15.6 Å². The lowest BCUT2D eigenvalue weighted by atomic mass is 10.2. The van der Waals surface area contributed by atoms with Gasteiger partial charge in [-0.05, 0) is 49.1 Å². The van der Waals surface area contributed by atoms with Gasteiger partial charge in [-0.1, -0.05) is 19.1 Å². The second-order valence-electron chi connectivity index (χ2n) is 7.20. The summed E-state index contributed by atoms with van der Waals surface area (Å²) in [5.74, 6) is 2.55. The van der Waals surface area contributed by atoms with Crippen LogP contribution in [0.1, 0.15) is 19.8 Å². The maximum absolute atomic E-state index is 12.2. The molecule has 0 amide bonds. The van der Waals surface area contributed by atoms with Crippen LogP contribution in [0.25, 0.3) is 11.3 Å². The van der Waals surface area contributed by atoms with Crippen molar-refractivity contribution in [2.24, 2.45) is 5.92 Å². The predicted molar refractivity (Wildman–Crippen MR) is 114 cm³/mol. The molecule has 158 valence electrons. The molecule has 1 aliphatic carbocycles. The van der Waals surface area contributed by atoms with Crippen LogP contribution >= 0.6 is 0 Å². The monoisotopic (exact) mass is 428 g/mol. The van der Waals surface area contributed by atoms with Crippen LogP contribution < -0.4 is 14.8 Å². The molecule has 1 aliphatic rings. The fourth-order valence-corrected chi connectivity index (χ4v) is 3.87. The molecule has 8 heteroatoms. The van der Waals surface area contributed by atoms with Crippen LogP contribution in [-0.2, 0) is 9.84 Å². The minimum absolute atomic E-state index is 0.0150. The fourth-order valence-electron chi connectivity index (χ4n) is 2.96. The van der Waals surface area contributed by atoms with Crippen molar-refractivity contribution in [1.82, 2.24) is 4.98 Å². The number of aromatic nitrogens is 1. The van der Waals surface area contributed by atoms with Gasteiger partial charge in [-0.2, -0.15) is 0 Å². The predicted octanol–water partition coefficient (Wildman–Crippen LogP) is 4.68. The van der Waals surface area contributed by atoms with Gasteiger partial charge < -0.3 is 19.2 Å². The summed E-state index contributed by atoms with van der Waals surface area (Å²) in [4.78, 5) is 4.47. The highest BCUT2D eigenvalue weighted by Crippen LogP contribution is 2.33. The number of nitrogens with zero attached hydrogens (tertiary/aromatic N) is 1. The average molecular weight is 429 g/mol. The highest BCUT2D eigenvalue weighted by molar-refractivity contribution is 7.91. The first-order chi connectivity index (χ1) is 14.5. The van der Waals surface area contributed by atoms with Crippen LogP contribution in [0, 0.1) is 5.92 Å². The number of hydrogen-bond donors (Lipinski definition) is 1. The van der Waals surface area contributed by atoms with E-state index in [0.29, 0.717) is 23.1 Å². The van der Waals surface area contributed by atoms with Crippen molar-refractivity contribution in [1.29, 1.82) is 0 Å². The number of benzene rings is 2. The Morgan fingerprint density at radius 3 is 2.77 bits per heavy atom. The van der Waals surface area contributed by atoms with E-state index < -0.39 is 9.84 Å². The highest BCUT2D eigenvalue weighted by atomic mass is 32.2. The molecule has 0 radical (unpaired) electrons. The average Bonchev–Trinajstić information content (AvgIpc) is 3.49. The summed E-state index contributed by atoms with van der Waals surface area (Å²) in [6.45, 7) is 2.35. The molecule has 0 bridgehead atoms. The third-order valence-electron chi connectivity index (χ3n) is 4.96. The number of methoxy groups -OCH3 is 1. The Balaban J connectivity index is 1.55. The Bertz CT molecular complexity index is 1140. The third kappa shape index (κ3) is 4.59. The van der Waals surface area contributed by atoms with Gasteiger partial charge >= 0.3 is 0 Å². The van der Waals surface area contributed by atoms with E-state index >= 15 is 0 Å². The quantitative estimate of drug-likeness (QED) is 0.529. The molecule has 7 nitrogen and oxygen atoms in total. The molecule has 1 saturated carbocycles. The van der Waals surface area contributed by atoms with Gasteiger partial charge in [-0.3, -0.25) is 0 Å². The molecule has 4 rings (SSSR count). The summed E-state index contributed by atoms with van der Waals surface area (Å²) in [6.07, 6.45) is 4.09. The summed E-state index contributed by atoms with van der Waals surface area (Å²) in [7, 11) is -1.83. The molecule has 2 aromatic carbocycles. The first kappa shape index (κ1) is 20.3. The number of nitrogens with one attached hydrogen (secondary N) is 1. The minimum Gasteiger partial charge on any atom is -0.495 e. The first-order valence-electron chi connectivity index (χ1n) is 9.85. The van der Waals surface area contributed by atoms with Crippen molar-refractivity contribution in [3.63, 3.8) is 0 Å². The number of anilines is 2. The van der Waals surface area contributed by atoms with Crippen molar-refractivity contribution in [2.45, 2.75) is 24.7 Å². The number of sulfone groups is 1. The molecule has 0 atom stereocenters. The van der Waals surface area contributed by atoms with Crippen LogP contribution in [0.4, 0.5) is 11.7 Å². The molecule has 30 heavy (non-hydrogen) atoms. The van der Waals surface area contributed by atoms with E-state index in [1.165, 1.54) is 32.1 Å². The Kier molecular flexibility index (Phi) is 5.67. The molecule has 0 unspecified atom stereocenters. The van der Waals surface area contributed by atoms with E-state index in [9.17, 15) is 8.42 Å². The molecule has 1 heterocycles. The lowest BCUT2D eigenvalue weighted by Gasteiger charge is -2.11. The second kappa shape index (κ2) is 8.39. The number of ether oxygens (including phenoxy) is 2. The number of hydrogen-bond acceptors (Lipinski definition) is 7. The van der Waals surface area contributed by atoms with Gasteiger partial charge in [-0.25, -0.2) is 13.4 Å². The van der Waals surface area contributed by atoms with E-state index in [-0.39, 0.29) is 16.7 Å². The van der Waals surface area contributed by atoms with Crippen molar-refractivity contribution in [3.8, 4) is 22.8 Å². The van der Waals surface area contributed by atoms with Crippen LogP contribution in [0.5, 0.6) is 11.5 Å². The third-order valence-corrected chi connectivity index (χ3v) is 6.69. The highest BCUT2D eigenvalue weighted by Gasteiger charge is 2.22. The van der Waals surface area contributed by atoms with Crippen molar-refractivity contribution in [3.05, 3.63) is 48.7 Å². The Morgan fingerprint density at radius 1 is 1.20 bits per heavy atom. The van der Waals surface area contributed by atoms with Gasteiger partial charge in [0.1, 0.15) is 11.5 Å². The van der Waals surface area contributed by atoms with Gasteiger partial charge in [0.2, 0.25) is 0 Å². The Morgan fingerprint density at radius 2 is 2.03 bits per heavy atom. The van der Waals surface area contributed by atoms with Crippen LogP contribution in [-0.4, -0.2) is 32.9 Å². The molecular formula is C22H24N2O5S. The van der Waals surface area contributed by atoms with E-state index in [4.69, 9.17) is 13.9 Å². The zero-order valence-corrected chi connectivity index (χ0v) is 17.7. The molecule has 0 spiro atoms. The standard InChI is InChI=1S/C22H24N2O5S/c1-3-30(25,26)18-9-10-20(27-2)19(12-18)24-22-23-13-21(29-22)16-5-4-6-17(11-16)28-14-15-7-8-15/h4-6,9-13,15H,3,7-8,14H2,1-2H3,(H,23,24). The lowest BCUT2D eigenvalue weighted by molar-refractivity contribution is 0.300. The zero-order valence-electron chi connectivity index (χ0n) is 16.9. The van der Waals surface area contributed by atoms with E-state index in [2.05, 4.69) is 10.3 Å².